The van der Waals surface area contributed by atoms with Crippen molar-refractivity contribution in [3.05, 3.63) is 59.4 Å². The Bertz CT molecular complexity index is 1250. The molecule has 3 rings (SSSR count). The van der Waals surface area contributed by atoms with E-state index in [-0.39, 0.29) is 40.4 Å². The molecule has 2 aromatic heterocycles. The first-order valence-electron chi connectivity index (χ1n) is 10.1. The van der Waals surface area contributed by atoms with Gasteiger partial charge in [0.2, 0.25) is 0 Å². The summed E-state index contributed by atoms with van der Waals surface area (Å²) in [7, 11) is -4.13. The Morgan fingerprint density at radius 1 is 1.12 bits per heavy atom. The van der Waals surface area contributed by atoms with Crippen molar-refractivity contribution in [2.45, 2.75) is 56.5 Å². The number of carboxylic acids is 1. The van der Waals surface area contributed by atoms with Gasteiger partial charge in [-0.2, -0.15) is 13.2 Å². The number of hydrogen-bond donors (Lipinski definition) is 1. The summed E-state index contributed by atoms with van der Waals surface area (Å²) < 4.78 is 67.5. The first-order valence-corrected chi connectivity index (χ1v) is 11.5. The van der Waals surface area contributed by atoms with E-state index < -0.39 is 27.9 Å². The molecular formula is C22H23F3N2O4S. The number of alkyl halides is 3. The summed E-state index contributed by atoms with van der Waals surface area (Å²) >= 11 is 0. The average Bonchev–Trinajstić information content (AvgIpc) is 3.08. The third kappa shape index (κ3) is 4.95. The molecule has 3 aromatic rings. The van der Waals surface area contributed by atoms with Crippen LogP contribution in [0.25, 0.3) is 11.0 Å². The van der Waals surface area contributed by atoms with Crippen LogP contribution in [0.5, 0.6) is 0 Å². The maximum Gasteiger partial charge on any atom is 0.433 e. The van der Waals surface area contributed by atoms with Gasteiger partial charge in [0.15, 0.2) is 0 Å². The maximum atomic E-state index is 13.5. The Labute approximate surface area is 183 Å². The number of carboxylic acid groups (broad SMARTS) is 1. The molecule has 172 valence electrons. The number of aryl methyl sites for hydroxylation is 1. The maximum absolute atomic E-state index is 13.5. The number of hydrogen-bond acceptors (Lipinski definition) is 4. The van der Waals surface area contributed by atoms with E-state index in [2.05, 4.69) is 4.98 Å². The second-order valence-corrected chi connectivity index (χ2v) is 9.62. The van der Waals surface area contributed by atoms with Gasteiger partial charge in [-0.15, -0.1) is 0 Å². The molecule has 0 aliphatic heterocycles. The zero-order valence-corrected chi connectivity index (χ0v) is 18.4. The van der Waals surface area contributed by atoms with Crippen LogP contribution in [0.2, 0.25) is 0 Å². The van der Waals surface area contributed by atoms with Crippen LogP contribution in [0.15, 0.2) is 47.4 Å². The Morgan fingerprint density at radius 2 is 1.84 bits per heavy atom. The molecule has 6 nitrogen and oxygen atoms in total. The third-order valence-corrected chi connectivity index (χ3v) is 6.87. The van der Waals surface area contributed by atoms with Crippen LogP contribution in [0, 0.1) is 0 Å². The number of halogens is 3. The van der Waals surface area contributed by atoms with Crippen LogP contribution in [0.3, 0.4) is 0 Å². The smallest absolute Gasteiger partial charge is 0.433 e. The number of fused-ring (bicyclic) bond motifs is 1. The van der Waals surface area contributed by atoms with E-state index in [0.29, 0.717) is 12.8 Å². The van der Waals surface area contributed by atoms with Crippen LogP contribution in [0.1, 0.15) is 56.0 Å². The van der Waals surface area contributed by atoms with Gasteiger partial charge in [0.25, 0.3) is 10.0 Å². The topological polar surface area (TPSA) is 89.3 Å². The molecule has 0 bridgehead atoms. The van der Waals surface area contributed by atoms with Gasteiger partial charge in [0.05, 0.1) is 15.9 Å². The minimum Gasteiger partial charge on any atom is -0.481 e. The molecule has 0 radical (unpaired) electrons. The van der Waals surface area contributed by atoms with Crippen molar-refractivity contribution in [3.8, 4) is 0 Å². The molecule has 2 heterocycles. The van der Waals surface area contributed by atoms with E-state index in [1.54, 1.807) is 18.2 Å². The lowest BCUT2D eigenvalue weighted by Crippen LogP contribution is -2.16. The van der Waals surface area contributed by atoms with Gasteiger partial charge in [0, 0.05) is 12.1 Å². The molecule has 0 unspecified atom stereocenters. The molecule has 10 heteroatoms. The summed E-state index contributed by atoms with van der Waals surface area (Å²) in [5.41, 5.74) is -0.0909. The van der Waals surface area contributed by atoms with Gasteiger partial charge in [-0.25, -0.2) is 17.4 Å². The molecule has 0 spiro atoms. The Morgan fingerprint density at radius 3 is 2.47 bits per heavy atom. The largest absolute Gasteiger partial charge is 0.481 e. The normalized spacial score (nSPS) is 12.6. The molecule has 0 saturated heterocycles. The fourth-order valence-electron chi connectivity index (χ4n) is 3.45. The standard InChI is InChI=1S/C22H23F3N2O4S/c1-14(2)15-6-5-8-17(12-15)32(30,31)27-16(7-3-4-9-21(28)29)13-18-19(27)10-11-20(26-18)22(23,24)25/h5-6,8,10-14H,3-4,7,9H2,1-2H3,(H,28,29). The van der Waals surface area contributed by atoms with E-state index in [4.69, 9.17) is 5.11 Å². The molecule has 0 aliphatic carbocycles. The minimum atomic E-state index is -4.66. The summed E-state index contributed by atoms with van der Waals surface area (Å²) in [6, 6.07) is 9.62. The van der Waals surface area contributed by atoms with Gasteiger partial charge < -0.3 is 5.11 Å². The number of carbonyl (C=O) groups is 1. The van der Waals surface area contributed by atoms with Gasteiger partial charge in [-0.1, -0.05) is 26.0 Å². The molecule has 0 amide bonds. The van der Waals surface area contributed by atoms with Crippen LogP contribution in [0.4, 0.5) is 13.2 Å². The number of benzene rings is 1. The first kappa shape index (κ1) is 23.8. The number of nitrogens with zero attached hydrogens (tertiary/aromatic N) is 2. The fraction of sp³-hybridized carbons (Fsp3) is 0.364. The zero-order valence-electron chi connectivity index (χ0n) is 17.6. The van der Waals surface area contributed by atoms with Gasteiger partial charge >= 0.3 is 12.1 Å². The lowest BCUT2D eigenvalue weighted by molar-refractivity contribution is -0.141. The van der Waals surface area contributed by atoms with Crippen molar-refractivity contribution in [2.75, 3.05) is 0 Å². The monoisotopic (exact) mass is 468 g/mol. The Kier molecular flexibility index (Phi) is 6.64. The van der Waals surface area contributed by atoms with Crippen molar-refractivity contribution in [3.63, 3.8) is 0 Å². The molecular weight excluding hydrogens is 445 g/mol. The lowest BCUT2D eigenvalue weighted by atomic mass is 10.0. The van der Waals surface area contributed by atoms with Gasteiger partial charge in [-0.3, -0.25) is 4.79 Å². The van der Waals surface area contributed by atoms with Crippen LogP contribution in [-0.4, -0.2) is 28.5 Å². The Hall–Kier alpha value is -2.88. The van der Waals surface area contributed by atoms with Crippen molar-refractivity contribution in [1.82, 2.24) is 8.96 Å². The van der Waals surface area contributed by atoms with E-state index >= 15 is 0 Å². The van der Waals surface area contributed by atoms with Crippen molar-refractivity contribution < 1.29 is 31.5 Å². The highest BCUT2D eigenvalue weighted by molar-refractivity contribution is 7.90. The molecule has 0 saturated carbocycles. The van der Waals surface area contributed by atoms with Crippen molar-refractivity contribution in [1.29, 1.82) is 0 Å². The van der Waals surface area contributed by atoms with E-state index in [1.165, 1.54) is 12.1 Å². The van der Waals surface area contributed by atoms with Crippen molar-refractivity contribution >= 4 is 27.0 Å². The summed E-state index contributed by atoms with van der Waals surface area (Å²) in [6.45, 7) is 3.85. The van der Waals surface area contributed by atoms with E-state index in [1.807, 2.05) is 13.8 Å². The molecule has 1 N–H and O–H groups in total. The predicted octanol–water partition coefficient (Wildman–Crippen LogP) is 5.21. The molecule has 0 fully saturated rings. The molecule has 0 aliphatic rings. The number of unbranched alkanes of at least 4 members (excludes halogenated alkanes) is 1. The summed E-state index contributed by atoms with van der Waals surface area (Å²) in [5.74, 6) is -0.891. The van der Waals surface area contributed by atoms with Crippen LogP contribution >= 0.6 is 0 Å². The highest BCUT2D eigenvalue weighted by Crippen LogP contribution is 2.32. The molecule has 0 atom stereocenters. The summed E-state index contributed by atoms with van der Waals surface area (Å²) in [6.07, 6.45) is -3.91. The highest BCUT2D eigenvalue weighted by Gasteiger charge is 2.33. The van der Waals surface area contributed by atoms with Gasteiger partial charge in [-0.05, 0) is 61.1 Å². The minimum absolute atomic E-state index is 0.0212. The summed E-state index contributed by atoms with van der Waals surface area (Å²) in [5, 5.41) is 8.82. The van der Waals surface area contributed by atoms with Crippen LogP contribution < -0.4 is 0 Å². The second kappa shape index (κ2) is 8.93. The number of pyridine rings is 1. The quantitative estimate of drug-likeness (QED) is 0.458. The summed E-state index contributed by atoms with van der Waals surface area (Å²) in [4.78, 5) is 14.4. The average molecular weight is 468 g/mol. The van der Waals surface area contributed by atoms with Crippen molar-refractivity contribution in [2.24, 2.45) is 0 Å². The predicted molar refractivity (Wildman–Crippen MR) is 113 cm³/mol. The lowest BCUT2D eigenvalue weighted by Gasteiger charge is -2.14. The fourth-order valence-corrected chi connectivity index (χ4v) is 5.07. The van der Waals surface area contributed by atoms with E-state index in [9.17, 15) is 26.4 Å². The molecule has 32 heavy (non-hydrogen) atoms. The second-order valence-electron chi connectivity index (χ2n) is 7.83. The zero-order chi connectivity index (χ0) is 23.7. The Balaban J connectivity index is 2.14. The molecule has 1 aromatic carbocycles. The van der Waals surface area contributed by atoms with E-state index in [0.717, 1.165) is 21.7 Å². The SMILES string of the molecule is CC(C)c1cccc(S(=O)(=O)n2c(CCCCC(=O)O)cc3nc(C(F)(F)F)ccc32)c1. The number of aliphatic carboxylic acids is 1. The number of rotatable bonds is 8. The first-order chi connectivity index (χ1) is 14.9. The highest BCUT2D eigenvalue weighted by atomic mass is 32.2. The third-order valence-electron chi connectivity index (χ3n) is 5.11. The van der Waals surface area contributed by atoms with Crippen LogP contribution in [-0.2, 0) is 27.4 Å². The number of aromatic nitrogens is 2. The van der Waals surface area contributed by atoms with Gasteiger partial charge in [0.1, 0.15) is 5.69 Å².